The molecule has 0 heteroatoms. The van der Waals surface area contributed by atoms with Crippen LogP contribution in [0, 0.1) is 0 Å². The van der Waals surface area contributed by atoms with E-state index in [0.29, 0.717) is 0 Å². The molecule has 0 spiro atoms. The molecule has 270 valence electrons. The number of fused-ring (bicyclic) bond motifs is 7. The molecular weight excluding hydrogens is 697 g/mol. The molecule has 0 saturated heterocycles. The monoisotopic (exact) mass is 734 g/mol. The smallest absolute Gasteiger partial charge is 0.00201 e. The van der Waals surface area contributed by atoms with Gasteiger partial charge in [-0.25, -0.2) is 0 Å². The van der Waals surface area contributed by atoms with Gasteiger partial charge < -0.3 is 0 Å². The Balaban J connectivity index is 1.13. The summed E-state index contributed by atoms with van der Waals surface area (Å²) in [5.74, 6) is 0. The first-order valence-electron chi connectivity index (χ1n) is 20.5. The highest BCUT2D eigenvalue weighted by atomic mass is 14.2. The van der Waals surface area contributed by atoms with Crippen molar-refractivity contribution in [3.63, 3.8) is 0 Å². The molecule has 1 aliphatic rings. The molecule has 0 saturated carbocycles. The highest BCUT2D eigenvalue weighted by molar-refractivity contribution is 6.24. The van der Waals surface area contributed by atoms with Gasteiger partial charge in [-0.15, -0.1) is 0 Å². The van der Waals surface area contributed by atoms with Gasteiger partial charge in [0.15, 0.2) is 0 Å². The lowest BCUT2D eigenvalue weighted by atomic mass is 9.82. The van der Waals surface area contributed by atoms with Crippen LogP contribution in [0.2, 0.25) is 0 Å². The second-order valence-corrected chi connectivity index (χ2v) is 15.8. The first kappa shape index (κ1) is 32.9. The maximum absolute atomic E-state index is 2.50. The lowest BCUT2D eigenvalue weighted by Gasteiger charge is -2.21. The summed E-state index contributed by atoms with van der Waals surface area (Å²) in [7, 11) is 0. The molecule has 0 fully saturated rings. The normalized spacial score (nSPS) is 12.6. The summed E-state index contributed by atoms with van der Waals surface area (Å²) in [5, 5.41) is 18.0. The van der Waals surface area contributed by atoms with E-state index in [1.54, 1.807) is 0 Å². The molecule has 0 N–H and O–H groups in total. The fourth-order valence-corrected chi connectivity index (χ4v) is 10.1. The predicted molar refractivity (Wildman–Crippen MR) is 251 cm³/mol. The van der Waals surface area contributed by atoms with Gasteiger partial charge in [0, 0.05) is 0 Å². The van der Waals surface area contributed by atoms with Gasteiger partial charge in [0.25, 0.3) is 0 Å². The first-order valence-corrected chi connectivity index (χ1v) is 20.5. The number of hydrogen-bond donors (Lipinski definition) is 0. The van der Waals surface area contributed by atoms with Crippen molar-refractivity contribution in [2.75, 3.05) is 0 Å². The van der Waals surface area contributed by atoms with E-state index in [4.69, 9.17) is 0 Å². The van der Waals surface area contributed by atoms with Crippen LogP contribution in [0.25, 0.3) is 121 Å². The number of rotatable bonds is 4. The average molecular weight is 735 g/mol. The SMILES string of the molecule is C1=c2c(-c3ccc4ccccc4c3)c3ccccc3c(-c3cccc4c(-c5c6ccccc6c(-c6ccc7ccccc7c6)c6ccccc56)cccc34)c2=CCC1. The second kappa shape index (κ2) is 13.2. The third kappa shape index (κ3) is 5.02. The summed E-state index contributed by atoms with van der Waals surface area (Å²) in [6, 6.07) is 72.3. The van der Waals surface area contributed by atoms with Crippen molar-refractivity contribution in [2.45, 2.75) is 12.8 Å². The van der Waals surface area contributed by atoms with E-state index in [0.717, 1.165) is 12.8 Å². The molecule has 0 unspecified atom stereocenters. The molecule has 0 nitrogen and oxygen atoms in total. The molecule has 12 rings (SSSR count). The van der Waals surface area contributed by atoms with Crippen molar-refractivity contribution in [1.82, 2.24) is 0 Å². The minimum atomic E-state index is 1.03. The zero-order valence-corrected chi connectivity index (χ0v) is 32.0. The van der Waals surface area contributed by atoms with E-state index < -0.39 is 0 Å². The van der Waals surface area contributed by atoms with Gasteiger partial charge in [0.1, 0.15) is 0 Å². The van der Waals surface area contributed by atoms with Crippen LogP contribution in [0.3, 0.4) is 0 Å². The Kier molecular flexibility index (Phi) is 7.46. The second-order valence-electron chi connectivity index (χ2n) is 15.8. The topological polar surface area (TPSA) is 0 Å². The van der Waals surface area contributed by atoms with E-state index in [-0.39, 0.29) is 0 Å². The Labute approximate surface area is 337 Å². The van der Waals surface area contributed by atoms with E-state index in [9.17, 15) is 0 Å². The Morgan fingerprint density at radius 3 is 1.12 bits per heavy atom. The van der Waals surface area contributed by atoms with Crippen LogP contribution in [-0.2, 0) is 0 Å². The summed E-state index contributed by atoms with van der Waals surface area (Å²) in [4.78, 5) is 0. The van der Waals surface area contributed by atoms with Gasteiger partial charge in [-0.3, -0.25) is 0 Å². The Hall–Kier alpha value is -7.28. The third-order valence-corrected chi connectivity index (χ3v) is 12.6. The average Bonchev–Trinajstić information content (AvgIpc) is 3.29. The van der Waals surface area contributed by atoms with E-state index >= 15 is 0 Å². The van der Waals surface area contributed by atoms with E-state index in [1.807, 2.05) is 0 Å². The molecule has 0 atom stereocenters. The third-order valence-electron chi connectivity index (χ3n) is 12.6. The van der Waals surface area contributed by atoms with Crippen LogP contribution >= 0.6 is 0 Å². The van der Waals surface area contributed by atoms with Gasteiger partial charge in [0.05, 0.1) is 0 Å². The van der Waals surface area contributed by atoms with Crippen molar-refractivity contribution in [2.24, 2.45) is 0 Å². The molecule has 0 aromatic heterocycles. The first-order chi connectivity index (χ1) is 28.8. The minimum absolute atomic E-state index is 1.03. The van der Waals surface area contributed by atoms with Crippen LogP contribution in [0.4, 0.5) is 0 Å². The van der Waals surface area contributed by atoms with Crippen LogP contribution < -0.4 is 10.4 Å². The Morgan fingerprint density at radius 2 is 0.603 bits per heavy atom. The van der Waals surface area contributed by atoms with Crippen molar-refractivity contribution in [3.8, 4) is 44.5 Å². The molecule has 58 heavy (non-hydrogen) atoms. The minimum Gasteiger partial charge on any atom is -0.0757 e. The standard InChI is InChI=1S/C58H38/c1-3-17-39-35-41(33-31-37(39)15-1)55-47-19-5-9-23-51(47)57(52-24-10-6-20-48(52)55)45-29-13-28-44-43(45)27-14-30-46(44)58-53-25-11-7-21-49(53)56(50-22-8-12-26-54(50)58)42-34-32-38-16-2-4-18-40(38)36-42/h1-7,9-11,13-36H,8,12H2. The maximum Gasteiger partial charge on any atom is -0.00201 e. The molecule has 0 radical (unpaired) electrons. The molecule has 11 aromatic carbocycles. The summed E-state index contributed by atoms with van der Waals surface area (Å²) < 4.78 is 0. The Bertz CT molecular complexity index is 3570. The molecule has 0 heterocycles. The Morgan fingerprint density at radius 1 is 0.241 bits per heavy atom. The van der Waals surface area contributed by atoms with Crippen molar-refractivity contribution in [1.29, 1.82) is 0 Å². The van der Waals surface area contributed by atoms with E-state index in [2.05, 4.69) is 206 Å². The fourth-order valence-electron chi connectivity index (χ4n) is 10.1. The highest BCUT2D eigenvalue weighted by Gasteiger charge is 2.21. The van der Waals surface area contributed by atoms with Crippen molar-refractivity contribution in [3.05, 3.63) is 205 Å². The van der Waals surface area contributed by atoms with Crippen molar-refractivity contribution >= 4 is 76.8 Å². The van der Waals surface area contributed by atoms with Gasteiger partial charge in [0.2, 0.25) is 0 Å². The molecule has 0 amide bonds. The van der Waals surface area contributed by atoms with Gasteiger partial charge >= 0.3 is 0 Å². The maximum atomic E-state index is 2.50. The quantitative estimate of drug-likeness (QED) is 0.158. The summed E-state index contributed by atoms with van der Waals surface area (Å²) in [5.41, 5.74) is 10.3. The molecule has 11 aromatic rings. The molecule has 0 aliphatic heterocycles. The largest absolute Gasteiger partial charge is 0.0757 e. The molecule has 1 aliphatic carbocycles. The van der Waals surface area contributed by atoms with Crippen LogP contribution in [-0.4, -0.2) is 0 Å². The highest BCUT2D eigenvalue weighted by Crippen LogP contribution is 2.47. The zero-order valence-electron chi connectivity index (χ0n) is 32.0. The molecular formula is C58H38. The summed E-state index contributed by atoms with van der Waals surface area (Å²) in [6.07, 6.45) is 7.06. The van der Waals surface area contributed by atoms with Gasteiger partial charge in [-0.05, 0) is 145 Å². The zero-order chi connectivity index (χ0) is 38.2. The number of hydrogen-bond acceptors (Lipinski definition) is 0. The van der Waals surface area contributed by atoms with Gasteiger partial charge in [-0.2, -0.15) is 0 Å². The van der Waals surface area contributed by atoms with Crippen LogP contribution in [0.5, 0.6) is 0 Å². The molecule has 0 bridgehead atoms. The van der Waals surface area contributed by atoms with Gasteiger partial charge in [-0.1, -0.05) is 194 Å². The predicted octanol–water partition coefficient (Wildman–Crippen LogP) is 14.6. The fraction of sp³-hybridized carbons (Fsp3) is 0.0345. The lowest BCUT2D eigenvalue weighted by molar-refractivity contribution is 1.12. The summed E-state index contributed by atoms with van der Waals surface area (Å²) >= 11 is 0. The van der Waals surface area contributed by atoms with Crippen molar-refractivity contribution < 1.29 is 0 Å². The van der Waals surface area contributed by atoms with Crippen LogP contribution in [0.1, 0.15) is 12.8 Å². The van der Waals surface area contributed by atoms with E-state index in [1.165, 1.54) is 120 Å². The number of benzene rings is 11. The summed E-state index contributed by atoms with van der Waals surface area (Å²) in [6.45, 7) is 0. The lowest BCUT2D eigenvalue weighted by Crippen LogP contribution is -2.31. The van der Waals surface area contributed by atoms with Crippen LogP contribution in [0.15, 0.2) is 194 Å².